The van der Waals surface area contributed by atoms with Crippen molar-refractivity contribution in [1.29, 1.82) is 0 Å². The number of hydrogen-bond donors (Lipinski definition) is 2. The molecule has 0 bridgehead atoms. The maximum Gasteiger partial charge on any atom is 0.139 e. The van der Waals surface area contributed by atoms with E-state index in [1.54, 1.807) is 0 Å². The Hall–Kier alpha value is -1.19. The van der Waals surface area contributed by atoms with Crippen LogP contribution in [0.5, 0.6) is 0 Å². The van der Waals surface area contributed by atoms with Gasteiger partial charge in [-0.2, -0.15) is 0 Å². The van der Waals surface area contributed by atoms with Crippen molar-refractivity contribution in [3.8, 4) is 0 Å². The van der Waals surface area contributed by atoms with Gasteiger partial charge in [0.2, 0.25) is 0 Å². The molecule has 0 amide bonds. The molecular weight excluding hydrogens is 370 g/mol. The van der Waals surface area contributed by atoms with Gasteiger partial charge in [0.25, 0.3) is 0 Å². The number of ketones is 1. The first-order chi connectivity index (χ1) is 14.3. The predicted octanol–water partition coefficient (Wildman–Crippen LogP) is 5.12. The molecular formula is C27H39NO2. The summed E-state index contributed by atoms with van der Waals surface area (Å²) in [7, 11) is 0. The molecule has 4 aliphatic rings. The standard InChI is InChI=1S/C27H39NO2/c1-25-14-15-27(30,18-28-17-19-6-4-3-5-7-19)16-20(25)8-9-21-22-10-11-24(29)26(22,2)13-12-23(21)25/h3-7,20-23,28,30H,8-18H2,1-2H3/t20-,21-,22-,23-,25-,26-,27+/m0/s1. The second-order valence-electron chi connectivity index (χ2n) is 11.6. The van der Waals surface area contributed by atoms with Crippen molar-refractivity contribution in [1.82, 2.24) is 5.32 Å². The SMILES string of the molecule is C[C@]12CC[C@](O)(CNCc3ccccc3)C[C@@H]1CC[C@@H]1[C@@H]2CC[C@]2(C)C(=O)CC[C@@H]12. The van der Waals surface area contributed by atoms with E-state index in [-0.39, 0.29) is 5.41 Å². The minimum Gasteiger partial charge on any atom is -0.389 e. The summed E-state index contributed by atoms with van der Waals surface area (Å²) in [4.78, 5) is 12.6. The molecule has 0 spiro atoms. The van der Waals surface area contributed by atoms with Gasteiger partial charge in [-0.05, 0) is 86.0 Å². The summed E-state index contributed by atoms with van der Waals surface area (Å²) < 4.78 is 0. The van der Waals surface area contributed by atoms with Gasteiger partial charge in [-0.3, -0.25) is 4.79 Å². The quantitative estimate of drug-likeness (QED) is 0.726. The fourth-order valence-corrected chi connectivity index (χ4v) is 8.29. The highest BCUT2D eigenvalue weighted by Gasteiger charge is 2.61. The molecule has 1 aromatic carbocycles. The summed E-state index contributed by atoms with van der Waals surface area (Å²) in [6.07, 6.45) is 9.76. The van der Waals surface area contributed by atoms with Crippen LogP contribution < -0.4 is 5.32 Å². The molecule has 0 saturated heterocycles. The van der Waals surface area contributed by atoms with Gasteiger partial charge in [0, 0.05) is 24.9 Å². The van der Waals surface area contributed by atoms with Crippen molar-refractivity contribution in [2.45, 2.75) is 83.8 Å². The number of nitrogens with one attached hydrogen (secondary N) is 1. The highest BCUT2D eigenvalue weighted by Crippen LogP contribution is 2.66. The lowest BCUT2D eigenvalue weighted by atomic mass is 9.44. The van der Waals surface area contributed by atoms with E-state index in [9.17, 15) is 9.90 Å². The van der Waals surface area contributed by atoms with Crippen LogP contribution in [0.15, 0.2) is 30.3 Å². The number of rotatable bonds is 4. The maximum absolute atomic E-state index is 12.6. The van der Waals surface area contributed by atoms with Crippen molar-refractivity contribution in [2.75, 3.05) is 6.54 Å². The van der Waals surface area contributed by atoms with Gasteiger partial charge in [-0.15, -0.1) is 0 Å². The van der Waals surface area contributed by atoms with Crippen molar-refractivity contribution in [3.05, 3.63) is 35.9 Å². The van der Waals surface area contributed by atoms with Crippen LogP contribution in [0.4, 0.5) is 0 Å². The Balaban J connectivity index is 1.25. The number of carbonyl (C=O) groups excluding carboxylic acids is 1. The molecule has 0 unspecified atom stereocenters. The van der Waals surface area contributed by atoms with Crippen LogP contribution >= 0.6 is 0 Å². The largest absolute Gasteiger partial charge is 0.389 e. The fraction of sp³-hybridized carbons (Fsp3) is 0.741. The first-order valence-electron chi connectivity index (χ1n) is 12.3. The number of benzene rings is 1. The van der Waals surface area contributed by atoms with Crippen LogP contribution in [0.1, 0.15) is 77.2 Å². The molecule has 4 saturated carbocycles. The molecule has 4 fully saturated rings. The first-order valence-corrected chi connectivity index (χ1v) is 12.3. The van der Waals surface area contributed by atoms with Gasteiger partial charge in [0.1, 0.15) is 5.78 Å². The lowest BCUT2D eigenvalue weighted by Gasteiger charge is -2.61. The van der Waals surface area contributed by atoms with Gasteiger partial charge in [0.05, 0.1) is 5.60 Å². The minimum absolute atomic E-state index is 0.0267. The normalized spacial score (nSPS) is 45.5. The van der Waals surface area contributed by atoms with Crippen LogP contribution in [0.25, 0.3) is 0 Å². The van der Waals surface area contributed by atoms with Crippen LogP contribution in [-0.2, 0) is 11.3 Å². The summed E-state index contributed by atoms with van der Waals surface area (Å²) in [5.74, 6) is 3.27. The number of carbonyl (C=O) groups is 1. The zero-order chi connectivity index (χ0) is 21.0. The van der Waals surface area contributed by atoms with Crippen molar-refractivity contribution < 1.29 is 9.90 Å². The summed E-state index contributed by atoms with van der Waals surface area (Å²) in [6.45, 7) is 6.32. The Bertz CT molecular complexity index is 793. The molecule has 3 heteroatoms. The molecule has 1 aromatic rings. The average Bonchev–Trinajstić information content (AvgIpc) is 3.04. The Morgan fingerprint density at radius 1 is 1.00 bits per heavy atom. The van der Waals surface area contributed by atoms with E-state index in [0.29, 0.717) is 29.6 Å². The van der Waals surface area contributed by atoms with E-state index in [1.807, 2.05) is 6.07 Å². The molecule has 0 heterocycles. The van der Waals surface area contributed by atoms with Gasteiger partial charge < -0.3 is 10.4 Å². The zero-order valence-electron chi connectivity index (χ0n) is 18.8. The van der Waals surface area contributed by atoms with Crippen LogP contribution in [0.2, 0.25) is 0 Å². The molecule has 3 nitrogen and oxygen atoms in total. The van der Waals surface area contributed by atoms with Gasteiger partial charge in [-0.1, -0.05) is 44.2 Å². The van der Waals surface area contributed by atoms with E-state index in [0.717, 1.165) is 56.9 Å². The third kappa shape index (κ3) is 3.28. The summed E-state index contributed by atoms with van der Waals surface area (Å²) in [5.41, 5.74) is 1.03. The highest BCUT2D eigenvalue weighted by molar-refractivity contribution is 5.87. The molecule has 30 heavy (non-hydrogen) atoms. The Morgan fingerprint density at radius 3 is 2.60 bits per heavy atom. The van der Waals surface area contributed by atoms with Crippen molar-refractivity contribution in [3.63, 3.8) is 0 Å². The van der Waals surface area contributed by atoms with E-state index in [2.05, 4.69) is 43.4 Å². The summed E-state index contributed by atoms with van der Waals surface area (Å²) >= 11 is 0. The fourth-order valence-electron chi connectivity index (χ4n) is 8.29. The van der Waals surface area contributed by atoms with Crippen molar-refractivity contribution in [2.24, 2.45) is 34.5 Å². The highest BCUT2D eigenvalue weighted by atomic mass is 16.3. The van der Waals surface area contributed by atoms with E-state index >= 15 is 0 Å². The lowest BCUT2D eigenvalue weighted by molar-refractivity contribution is -0.153. The number of Topliss-reactive ketones (excluding diaryl/α,β-unsaturated/α-hetero) is 1. The molecule has 5 rings (SSSR count). The average molecular weight is 410 g/mol. The number of aliphatic hydroxyl groups is 1. The zero-order valence-corrected chi connectivity index (χ0v) is 18.8. The minimum atomic E-state index is -0.571. The molecule has 7 atom stereocenters. The molecule has 2 N–H and O–H groups in total. The number of hydrogen-bond acceptors (Lipinski definition) is 3. The van der Waals surface area contributed by atoms with Gasteiger partial charge in [-0.25, -0.2) is 0 Å². The smallest absolute Gasteiger partial charge is 0.139 e. The summed E-state index contributed by atoms with van der Waals surface area (Å²) in [5, 5.41) is 14.9. The van der Waals surface area contributed by atoms with Crippen LogP contribution in [-0.4, -0.2) is 23.0 Å². The molecule has 0 aromatic heterocycles. The van der Waals surface area contributed by atoms with Gasteiger partial charge >= 0.3 is 0 Å². The van der Waals surface area contributed by atoms with E-state index in [4.69, 9.17) is 0 Å². The van der Waals surface area contributed by atoms with E-state index in [1.165, 1.54) is 24.8 Å². The Labute approximate surface area is 182 Å². The Morgan fingerprint density at radius 2 is 1.80 bits per heavy atom. The molecule has 0 aliphatic heterocycles. The predicted molar refractivity (Wildman–Crippen MR) is 120 cm³/mol. The lowest BCUT2D eigenvalue weighted by Crippen LogP contribution is -2.57. The monoisotopic (exact) mass is 409 g/mol. The first kappa shape index (κ1) is 20.7. The molecule has 0 radical (unpaired) electrons. The van der Waals surface area contributed by atoms with Crippen molar-refractivity contribution >= 4 is 5.78 Å². The van der Waals surface area contributed by atoms with E-state index < -0.39 is 5.60 Å². The molecule has 164 valence electrons. The van der Waals surface area contributed by atoms with Crippen LogP contribution in [0, 0.1) is 34.5 Å². The topological polar surface area (TPSA) is 49.3 Å². The maximum atomic E-state index is 12.6. The second kappa shape index (κ2) is 7.45. The van der Waals surface area contributed by atoms with Crippen LogP contribution in [0.3, 0.4) is 0 Å². The third-order valence-corrected chi connectivity index (χ3v) is 10.2. The summed E-state index contributed by atoms with van der Waals surface area (Å²) in [6, 6.07) is 10.5. The number of fused-ring (bicyclic) bond motifs is 5. The second-order valence-corrected chi connectivity index (χ2v) is 11.6. The van der Waals surface area contributed by atoms with Gasteiger partial charge in [0.15, 0.2) is 0 Å². The molecule has 4 aliphatic carbocycles. The third-order valence-electron chi connectivity index (χ3n) is 10.2. The Kier molecular flexibility index (Phi) is 5.14.